The fraction of sp³-hybridized carbons (Fsp3) is 0.533. The van der Waals surface area contributed by atoms with E-state index in [0.29, 0.717) is 0 Å². The van der Waals surface area contributed by atoms with Gasteiger partial charge in [-0.25, -0.2) is 18.0 Å². The Morgan fingerprint density at radius 1 is 1.14 bits per heavy atom. The highest BCUT2D eigenvalue weighted by molar-refractivity contribution is 5.64. The number of nitrogens with two attached hydrogens (primary N) is 1. The molecule has 1 fully saturated rings. The minimum atomic E-state index is -3.01. The molecule has 0 saturated heterocycles. The number of carbonyl (C=O) groups excluding carboxylic acids is 1. The van der Waals surface area contributed by atoms with Gasteiger partial charge in [0.1, 0.15) is 6.10 Å². The van der Waals surface area contributed by atoms with Crippen LogP contribution in [0.2, 0.25) is 0 Å². The van der Waals surface area contributed by atoms with E-state index in [4.69, 9.17) is 10.5 Å². The van der Waals surface area contributed by atoms with E-state index in [1.165, 1.54) is 12.1 Å². The van der Waals surface area contributed by atoms with Crippen LogP contribution in [0.1, 0.15) is 37.4 Å². The molecule has 1 aliphatic carbocycles. The molecule has 7 heteroatoms. The second kappa shape index (κ2) is 7.38. The van der Waals surface area contributed by atoms with Gasteiger partial charge in [-0.2, -0.15) is 0 Å². The van der Waals surface area contributed by atoms with Crippen molar-refractivity contribution in [2.24, 2.45) is 5.73 Å². The molecule has 4 nitrogen and oxygen atoms in total. The molecule has 1 aliphatic rings. The molecule has 0 radical (unpaired) electrons. The molecule has 22 heavy (non-hydrogen) atoms. The lowest BCUT2D eigenvalue weighted by atomic mass is 9.92. The van der Waals surface area contributed by atoms with Gasteiger partial charge in [0, 0.05) is 11.7 Å². The maximum absolute atomic E-state index is 13.2. The Morgan fingerprint density at radius 3 is 2.23 bits per heavy atom. The molecule has 2 rings (SSSR count). The SMILES string of the molecule is NC(=O)OC1CCC(Nc2ccc(C(F)C(F)F)cc2)CC1. The first-order valence-electron chi connectivity index (χ1n) is 7.20. The van der Waals surface area contributed by atoms with Gasteiger partial charge in [-0.1, -0.05) is 12.1 Å². The second-order valence-electron chi connectivity index (χ2n) is 5.41. The van der Waals surface area contributed by atoms with E-state index in [2.05, 4.69) is 5.32 Å². The summed E-state index contributed by atoms with van der Waals surface area (Å²) in [6.07, 6.45) is -3.11. The molecule has 0 aliphatic heterocycles. The zero-order valence-electron chi connectivity index (χ0n) is 12.0. The number of carbonyl (C=O) groups is 1. The van der Waals surface area contributed by atoms with Crippen molar-refractivity contribution in [1.29, 1.82) is 0 Å². The highest BCUT2D eigenvalue weighted by atomic mass is 19.3. The summed E-state index contributed by atoms with van der Waals surface area (Å²) in [4.78, 5) is 10.7. The monoisotopic (exact) mass is 316 g/mol. The van der Waals surface area contributed by atoms with Gasteiger partial charge in [0.25, 0.3) is 6.43 Å². The van der Waals surface area contributed by atoms with Crippen LogP contribution in [0.3, 0.4) is 0 Å². The molecular weight excluding hydrogens is 297 g/mol. The summed E-state index contributed by atoms with van der Waals surface area (Å²) in [5, 5.41) is 3.27. The molecule has 122 valence electrons. The summed E-state index contributed by atoms with van der Waals surface area (Å²) in [7, 11) is 0. The number of benzene rings is 1. The van der Waals surface area contributed by atoms with E-state index in [0.717, 1.165) is 31.4 Å². The van der Waals surface area contributed by atoms with Crippen molar-refractivity contribution in [3.63, 3.8) is 0 Å². The zero-order chi connectivity index (χ0) is 16.1. The number of amides is 1. The van der Waals surface area contributed by atoms with Crippen LogP contribution in [0.15, 0.2) is 24.3 Å². The van der Waals surface area contributed by atoms with Crippen LogP contribution in [0, 0.1) is 0 Å². The number of hydrogen-bond acceptors (Lipinski definition) is 3. The van der Waals surface area contributed by atoms with E-state index < -0.39 is 18.7 Å². The van der Waals surface area contributed by atoms with Crippen LogP contribution in [0.25, 0.3) is 0 Å². The summed E-state index contributed by atoms with van der Waals surface area (Å²) in [5.74, 6) is 0. The van der Waals surface area contributed by atoms with Gasteiger partial charge in [-0.3, -0.25) is 0 Å². The number of hydrogen-bond donors (Lipinski definition) is 2. The minimum absolute atomic E-state index is 0.0286. The molecule has 1 atom stereocenters. The highest BCUT2D eigenvalue weighted by Gasteiger charge is 2.24. The maximum atomic E-state index is 13.2. The normalized spacial score (nSPS) is 23.1. The lowest BCUT2D eigenvalue weighted by molar-refractivity contribution is 0.0496. The standard InChI is InChI=1S/C15H19F3N2O2/c16-13(14(17)18)9-1-3-10(4-2-9)20-11-5-7-12(8-6-11)22-15(19)21/h1-4,11-14,20H,5-8H2,(H2,19,21). The Bertz CT molecular complexity index is 488. The van der Waals surface area contributed by atoms with Crippen molar-refractivity contribution in [1.82, 2.24) is 0 Å². The summed E-state index contributed by atoms with van der Waals surface area (Å²) in [6.45, 7) is 0. The van der Waals surface area contributed by atoms with Crippen molar-refractivity contribution in [3.8, 4) is 0 Å². The first-order valence-corrected chi connectivity index (χ1v) is 7.20. The van der Waals surface area contributed by atoms with Gasteiger partial charge < -0.3 is 15.8 Å². The third kappa shape index (κ3) is 4.54. The van der Waals surface area contributed by atoms with E-state index in [9.17, 15) is 18.0 Å². The predicted octanol–water partition coefficient (Wildman–Crippen LogP) is 3.78. The fourth-order valence-corrected chi connectivity index (χ4v) is 2.63. The van der Waals surface area contributed by atoms with Gasteiger partial charge >= 0.3 is 6.09 Å². The van der Waals surface area contributed by atoms with Crippen molar-refractivity contribution in [2.45, 2.75) is 50.4 Å². The lowest BCUT2D eigenvalue weighted by Crippen LogP contribution is -2.32. The van der Waals surface area contributed by atoms with Crippen LogP contribution in [-0.2, 0) is 4.74 Å². The summed E-state index contributed by atoms with van der Waals surface area (Å²) < 4.78 is 42.7. The third-order valence-electron chi connectivity index (χ3n) is 3.78. The van der Waals surface area contributed by atoms with Crippen LogP contribution >= 0.6 is 0 Å². The second-order valence-corrected chi connectivity index (χ2v) is 5.41. The number of ether oxygens (including phenoxy) is 1. The molecular formula is C15H19F3N2O2. The molecule has 1 aromatic carbocycles. The molecule has 1 unspecified atom stereocenters. The number of halogens is 3. The number of alkyl halides is 3. The van der Waals surface area contributed by atoms with Crippen molar-refractivity contribution < 1.29 is 22.7 Å². The predicted molar refractivity (Wildman–Crippen MR) is 76.6 cm³/mol. The van der Waals surface area contributed by atoms with Gasteiger partial charge in [-0.15, -0.1) is 0 Å². The number of nitrogens with one attached hydrogen (secondary N) is 1. The van der Waals surface area contributed by atoms with E-state index in [1.54, 1.807) is 12.1 Å². The Hall–Kier alpha value is -1.92. The van der Waals surface area contributed by atoms with Gasteiger partial charge in [0.15, 0.2) is 6.17 Å². The zero-order valence-corrected chi connectivity index (χ0v) is 12.0. The quantitative estimate of drug-likeness (QED) is 0.869. The largest absolute Gasteiger partial charge is 0.446 e. The smallest absolute Gasteiger partial charge is 0.404 e. The van der Waals surface area contributed by atoms with E-state index in [1.807, 2.05) is 0 Å². The molecule has 0 aromatic heterocycles. The summed E-state index contributed by atoms with van der Waals surface area (Å²) >= 11 is 0. The van der Waals surface area contributed by atoms with Crippen LogP contribution in [0.4, 0.5) is 23.7 Å². The Balaban J connectivity index is 1.83. The molecule has 0 bridgehead atoms. The van der Waals surface area contributed by atoms with Crippen LogP contribution in [-0.4, -0.2) is 24.7 Å². The van der Waals surface area contributed by atoms with Gasteiger partial charge in [0.2, 0.25) is 0 Å². The highest BCUT2D eigenvalue weighted by Crippen LogP contribution is 2.27. The van der Waals surface area contributed by atoms with Crippen LogP contribution in [0.5, 0.6) is 0 Å². The van der Waals surface area contributed by atoms with E-state index in [-0.39, 0.29) is 17.7 Å². The van der Waals surface area contributed by atoms with Crippen LogP contribution < -0.4 is 11.1 Å². The number of rotatable bonds is 5. The van der Waals surface area contributed by atoms with Gasteiger partial charge in [0.05, 0.1) is 0 Å². The first-order chi connectivity index (χ1) is 10.5. The summed E-state index contributed by atoms with van der Waals surface area (Å²) in [6, 6.07) is 6.11. The maximum Gasteiger partial charge on any atom is 0.404 e. The molecule has 0 heterocycles. The van der Waals surface area contributed by atoms with E-state index >= 15 is 0 Å². The molecule has 3 N–H and O–H groups in total. The average Bonchev–Trinajstić information content (AvgIpc) is 2.49. The third-order valence-corrected chi connectivity index (χ3v) is 3.78. The minimum Gasteiger partial charge on any atom is -0.446 e. The van der Waals surface area contributed by atoms with Crippen molar-refractivity contribution in [2.75, 3.05) is 5.32 Å². The first kappa shape index (κ1) is 16.5. The molecule has 1 amide bonds. The van der Waals surface area contributed by atoms with Crippen molar-refractivity contribution >= 4 is 11.8 Å². The number of primary amides is 1. The topological polar surface area (TPSA) is 64.4 Å². The Labute approximate surface area is 126 Å². The molecule has 0 spiro atoms. The molecule has 1 aromatic rings. The van der Waals surface area contributed by atoms with Gasteiger partial charge in [-0.05, 0) is 43.4 Å². The fourth-order valence-electron chi connectivity index (χ4n) is 2.63. The lowest BCUT2D eigenvalue weighted by Gasteiger charge is -2.29. The summed E-state index contributed by atoms with van der Waals surface area (Å²) in [5.41, 5.74) is 5.71. The average molecular weight is 316 g/mol. The Kier molecular flexibility index (Phi) is 5.51. The number of anilines is 1. The Morgan fingerprint density at radius 2 is 1.73 bits per heavy atom. The molecule has 1 saturated carbocycles. The van der Waals surface area contributed by atoms with Crippen molar-refractivity contribution in [3.05, 3.63) is 29.8 Å².